The number of fused-ring (bicyclic) bond motifs is 2. The Kier molecular flexibility index (Phi) is 5.02. The molecule has 4 heteroatoms. The highest BCUT2D eigenvalue weighted by molar-refractivity contribution is 6.43. The van der Waals surface area contributed by atoms with E-state index < -0.39 is 0 Å². The highest BCUT2D eigenvalue weighted by atomic mass is 16.4. The fourth-order valence-corrected chi connectivity index (χ4v) is 3.64. The molecule has 0 spiro atoms. The third-order valence-corrected chi connectivity index (χ3v) is 5.05. The second-order valence-electron chi connectivity index (χ2n) is 6.72. The molecule has 0 radical (unpaired) electrons. The average Bonchev–Trinajstić information content (AvgIpc) is 2.76. The summed E-state index contributed by atoms with van der Waals surface area (Å²) in [4.78, 5) is 0. The Morgan fingerprint density at radius 3 is 1.36 bits per heavy atom. The predicted molar refractivity (Wildman–Crippen MR) is 114 cm³/mol. The van der Waals surface area contributed by atoms with Crippen LogP contribution in [-0.2, 0) is 12.8 Å². The second kappa shape index (κ2) is 7.92. The van der Waals surface area contributed by atoms with Crippen molar-refractivity contribution in [2.75, 3.05) is 0 Å². The molecule has 0 aliphatic heterocycles. The first kappa shape index (κ1) is 17.7. The maximum absolute atomic E-state index is 9.65. The minimum Gasteiger partial charge on any atom is -0.411 e. The summed E-state index contributed by atoms with van der Waals surface area (Å²) < 4.78 is 0. The smallest absolute Gasteiger partial charge is 0.109 e. The van der Waals surface area contributed by atoms with Crippen molar-refractivity contribution < 1.29 is 10.4 Å². The number of benzene rings is 4. The third-order valence-electron chi connectivity index (χ3n) is 5.05. The van der Waals surface area contributed by atoms with Crippen LogP contribution < -0.4 is 0 Å². The third kappa shape index (κ3) is 3.45. The van der Waals surface area contributed by atoms with Gasteiger partial charge in [0.2, 0.25) is 0 Å². The lowest BCUT2D eigenvalue weighted by atomic mass is 9.94. The predicted octanol–water partition coefficient (Wildman–Crippen LogP) is 5.44. The molecule has 4 aromatic carbocycles. The van der Waals surface area contributed by atoms with Gasteiger partial charge in [-0.3, -0.25) is 0 Å². The molecule has 4 aromatic rings. The van der Waals surface area contributed by atoms with Gasteiger partial charge in [-0.15, -0.1) is 0 Å². The summed E-state index contributed by atoms with van der Waals surface area (Å²) in [7, 11) is 0. The van der Waals surface area contributed by atoms with Crippen molar-refractivity contribution in [2.24, 2.45) is 10.3 Å². The molecule has 0 fully saturated rings. The fourth-order valence-electron chi connectivity index (χ4n) is 3.64. The monoisotopic (exact) mass is 368 g/mol. The zero-order chi connectivity index (χ0) is 19.3. The minimum absolute atomic E-state index is 0.354. The molecule has 0 aliphatic rings. The van der Waals surface area contributed by atoms with Gasteiger partial charge in [0.15, 0.2) is 0 Å². The van der Waals surface area contributed by atoms with Gasteiger partial charge in [-0.25, -0.2) is 0 Å². The van der Waals surface area contributed by atoms with E-state index in [1.165, 1.54) is 0 Å². The van der Waals surface area contributed by atoms with Crippen LogP contribution in [0.4, 0.5) is 0 Å². The zero-order valence-electron chi connectivity index (χ0n) is 15.3. The zero-order valence-corrected chi connectivity index (χ0v) is 15.3. The van der Waals surface area contributed by atoms with E-state index in [0.29, 0.717) is 24.3 Å². The first-order valence-corrected chi connectivity index (χ1v) is 9.15. The summed E-state index contributed by atoms with van der Waals surface area (Å²) in [6, 6.07) is 28.2. The lowest BCUT2D eigenvalue weighted by Crippen LogP contribution is -2.20. The Labute approximate surface area is 163 Å². The van der Waals surface area contributed by atoms with Crippen LogP contribution in [0.25, 0.3) is 21.5 Å². The van der Waals surface area contributed by atoms with E-state index in [-0.39, 0.29) is 0 Å². The number of nitrogens with zero attached hydrogens (tertiary/aromatic N) is 2. The van der Waals surface area contributed by atoms with Crippen molar-refractivity contribution in [3.8, 4) is 0 Å². The first-order valence-electron chi connectivity index (χ1n) is 9.15. The second-order valence-corrected chi connectivity index (χ2v) is 6.72. The van der Waals surface area contributed by atoms with E-state index in [0.717, 1.165) is 32.7 Å². The molecule has 0 aliphatic carbocycles. The molecule has 0 heterocycles. The molecule has 0 aromatic heterocycles. The molecule has 0 unspecified atom stereocenters. The molecule has 0 amide bonds. The van der Waals surface area contributed by atoms with Crippen LogP contribution in [0.15, 0.2) is 95.2 Å². The highest BCUT2D eigenvalue weighted by Gasteiger charge is 2.15. The van der Waals surface area contributed by atoms with Crippen LogP contribution in [0.1, 0.15) is 11.1 Å². The summed E-state index contributed by atoms with van der Waals surface area (Å²) in [5.74, 6) is 0. The highest BCUT2D eigenvalue weighted by Crippen LogP contribution is 2.22. The Bertz CT molecular complexity index is 1090. The molecule has 138 valence electrons. The van der Waals surface area contributed by atoms with Gasteiger partial charge in [-0.05, 0) is 32.7 Å². The standard InChI is InChI=1S/C24H20N2O2/c27-25-23(15-19-11-5-9-17-7-1-3-13-21(17)19)24(26-28)16-20-12-6-10-18-8-2-4-14-22(18)20/h1-14,27-28H,15-16H2/b25-23+,26-24+. The van der Waals surface area contributed by atoms with E-state index in [2.05, 4.69) is 10.3 Å². The first-order chi connectivity index (χ1) is 13.8. The molecule has 28 heavy (non-hydrogen) atoms. The molecule has 0 saturated heterocycles. The Morgan fingerprint density at radius 2 is 0.929 bits per heavy atom. The van der Waals surface area contributed by atoms with Gasteiger partial charge in [-0.2, -0.15) is 0 Å². The largest absolute Gasteiger partial charge is 0.411 e. The van der Waals surface area contributed by atoms with Crippen molar-refractivity contribution >= 4 is 33.0 Å². The quantitative estimate of drug-likeness (QED) is 0.280. The van der Waals surface area contributed by atoms with Crippen LogP contribution in [-0.4, -0.2) is 21.8 Å². The summed E-state index contributed by atoms with van der Waals surface area (Å²) in [6.07, 6.45) is 0.754. The fraction of sp³-hybridized carbons (Fsp3) is 0.0833. The Balaban J connectivity index is 1.66. The molecule has 0 saturated carbocycles. The van der Waals surface area contributed by atoms with Crippen LogP contribution in [0, 0.1) is 0 Å². The van der Waals surface area contributed by atoms with Gasteiger partial charge in [0.1, 0.15) is 11.4 Å². The topological polar surface area (TPSA) is 65.2 Å². The molecule has 4 rings (SSSR count). The molecule has 0 atom stereocenters. The number of hydrogen-bond acceptors (Lipinski definition) is 4. The van der Waals surface area contributed by atoms with Gasteiger partial charge in [0.05, 0.1) is 0 Å². The summed E-state index contributed by atoms with van der Waals surface area (Å²) in [6.45, 7) is 0. The Morgan fingerprint density at radius 1 is 0.536 bits per heavy atom. The summed E-state index contributed by atoms with van der Waals surface area (Å²) in [5.41, 5.74) is 2.74. The van der Waals surface area contributed by atoms with Gasteiger partial charge in [0, 0.05) is 12.8 Å². The number of hydrogen-bond donors (Lipinski definition) is 2. The van der Waals surface area contributed by atoms with Crippen LogP contribution in [0.3, 0.4) is 0 Å². The van der Waals surface area contributed by atoms with Crippen molar-refractivity contribution in [3.63, 3.8) is 0 Å². The lowest BCUT2D eigenvalue weighted by Gasteiger charge is -2.11. The average molecular weight is 368 g/mol. The van der Waals surface area contributed by atoms with E-state index >= 15 is 0 Å². The molecule has 4 nitrogen and oxygen atoms in total. The number of rotatable bonds is 5. The molecule has 2 N–H and O–H groups in total. The van der Waals surface area contributed by atoms with Crippen LogP contribution in [0.2, 0.25) is 0 Å². The van der Waals surface area contributed by atoms with Crippen molar-refractivity contribution in [3.05, 3.63) is 96.1 Å². The van der Waals surface area contributed by atoms with Gasteiger partial charge >= 0.3 is 0 Å². The Hall–Kier alpha value is -3.66. The van der Waals surface area contributed by atoms with Crippen molar-refractivity contribution in [1.29, 1.82) is 0 Å². The molecule has 0 bridgehead atoms. The summed E-state index contributed by atoms with van der Waals surface area (Å²) >= 11 is 0. The minimum atomic E-state index is 0.354. The van der Waals surface area contributed by atoms with E-state index in [1.54, 1.807) is 0 Å². The van der Waals surface area contributed by atoms with Gasteiger partial charge < -0.3 is 10.4 Å². The maximum atomic E-state index is 9.65. The van der Waals surface area contributed by atoms with Gasteiger partial charge in [-0.1, -0.05) is 95.2 Å². The van der Waals surface area contributed by atoms with E-state index in [1.807, 2.05) is 84.9 Å². The molecular weight excluding hydrogens is 348 g/mol. The van der Waals surface area contributed by atoms with Crippen molar-refractivity contribution in [2.45, 2.75) is 12.8 Å². The lowest BCUT2D eigenvalue weighted by molar-refractivity contribution is 0.313. The van der Waals surface area contributed by atoms with Crippen LogP contribution in [0.5, 0.6) is 0 Å². The van der Waals surface area contributed by atoms with Crippen molar-refractivity contribution in [1.82, 2.24) is 0 Å². The number of oxime groups is 2. The summed E-state index contributed by atoms with van der Waals surface area (Å²) in [5, 5.41) is 30.6. The van der Waals surface area contributed by atoms with Crippen LogP contribution >= 0.6 is 0 Å². The SMILES string of the molecule is O/N=C(Cc1cccc2ccccc12)/C(Cc1cccc2ccccc12)=N/O. The van der Waals surface area contributed by atoms with E-state index in [9.17, 15) is 10.4 Å². The van der Waals surface area contributed by atoms with Gasteiger partial charge in [0.25, 0.3) is 0 Å². The normalized spacial score (nSPS) is 12.6. The maximum Gasteiger partial charge on any atom is 0.109 e. The molecular formula is C24H20N2O2. The van der Waals surface area contributed by atoms with E-state index in [4.69, 9.17) is 0 Å².